The van der Waals surface area contributed by atoms with E-state index in [0.717, 1.165) is 19.3 Å². The molecular weight excluding hydrogens is 183 g/mol. The average molecular weight is 199 g/mol. The second-order valence-corrected chi connectivity index (χ2v) is 2.26. The van der Waals surface area contributed by atoms with Crippen LogP contribution in [0.3, 0.4) is 0 Å². The molecule has 0 fully saturated rings. The summed E-state index contributed by atoms with van der Waals surface area (Å²) in [4.78, 5) is 10.7. The van der Waals surface area contributed by atoms with Crippen LogP contribution in [0.1, 0.15) is 39.5 Å². The number of esters is 1. The first-order valence-corrected chi connectivity index (χ1v) is 3.96. The molecule has 0 aliphatic heterocycles. The number of unbranched alkanes of at least 4 members (excludes halogenated alkanes) is 2. The van der Waals surface area contributed by atoms with E-state index >= 15 is 0 Å². The fourth-order valence-electron chi connectivity index (χ4n) is 0.752. The monoisotopic (exact) mass is 199 g/mol. The molecule has 1 radical (unpaired) electrons. The summed E-state index contributed by atoms with van der Waals surface area (Å²) in [5.74, 6) is -0.0593. The topological polar surface area (TPSA) is 26.3 Å². The maximum Gasteiger partial charge on any atom is 2.00 e. The van der Waals surface area contributed by atoms with Gasteiger partial charge < -0.3 is 4.74 Å². The molecule has 65 valence electrons. The first-order valence-electron chi connectivity index (χ1n) is 3.96. The molecule has 3 heteroatoms. The van der Waals surface area contributed by atoms with Gasteiger partial charge in [-0.05, 0) is 13.3 Å². The smallest absolute Gasteiger partial charge is 0.466 e. The molecule has 0 atom stereocenters. The summed E-state index contributed by atoms with van der Waals surface area (Å²) >= 11 is 0. The van der Waals surface area contributed by atoms with E-state index in [0.29, 0.717) is 13.0 Å². The number of carbonyl (C=O) groups is 1. The Hall–Kier alpha value is -0.0105. The molecule has 0 saturated heterocycles. The molecule has 0 unspecified atom stereocenters. The van der Waals surface area contributed by atoms with Crippen molar-refractivity contribution < 1.29 is 26.6 Å². The summed E-state index contributed by atoms with van der Waals surface area (Å²) < 4.78 is 4.75. The molecule has 0 aliphatic rings. The third-order valence-corrected chi connectivity index (χ3v) is 1.29. The van der Waals surface area contributed by atoms with Crippen molar-refractivity contribution in [2.45, 2.75) is 39.5 Å². The van der Waals surface area contributed by atoms with E-state index in [-0.39, 0.29) is 23.0 Å². The third-order valence-electron chi connectivity index (χ3n) is 1.29. The van der Waals surface area contributed by atoms with Gasteiger partial charge in [0.2, 0.25) is 0 Å². The second kappa shape index (κ2) is 9.99. The molecule has 0 aliphatic carbocycles. The number of ether oxygens (including phenoxy) is 1. The minimum atomic E-state index is -0.0593. The van der Waals surface area contributed by atoms with Crippen molar-refractivity contribution in [2.75, 3.05) is 6.61 Å². The van der Waals surface area contributed by atoms with E-state index in [2.05, 4.69) is 6.92 Å². The molecule has 0 rings (SSSR count). The Morgan fingerprint density at radius 3 is 2.36 bits per heavy atom. The zero-order valence-electron chi connectivity index (χ0n) is 7.23. The van der Waals surface area contributed by atoms with Crippen LogP contribution in [0.4, 0.5) is 0 Å². The van der Waals surface area contributed by atoms with Gasteiger partial charge in [0.25, 0.3) is 0 Å². The predicted molar refractivity (Wildman–Crippen MR) is 40.8 cm³/mol. The van der Waals surface area contributed by atoms with Crippen LogP contribution in [-0.2, 0) is 26.6 Å². The average Bonchev–Trinajstić information content (AvgIpc) is 1.89. The summed E-state index contributed by atoms with van der Waals surface area (Å²) in [6.07, 6.45) is 3.83. The van der Waals surface area contributed by atoms with Gasteiger partial charge in [-0.15, -0.1) is 0 Å². The van der Waals surface area contributed by atoms with Gasteiger partial charge in [-0.25, -0.2) is 0 Å². The van der Waals surface area contributed by atoms with Gasteiger partial charge in [0, 0.05) is 6.42 Å². The molecule has 11 heavy (non-hydrogen) atoms. The van der Waals surface area contributed by atoms with Crippen LogP contribution < -0.4 is 0 Å². The molecule has 0 bridgehead atoms. The van der Waals surface area contributed by atoms with Gasteiger partial charge in [0.05, 0.1) is 6.61 Å². The Morgan fingerprint density at radius 2 is 1.91 bits per heavy atom. The molecule has 0 aromatic rings. The number of hydrogen-bond acceptors (Lipinski definition) is 2. The largest absolute Gasteiger partial charge is 2.00 e. The van der Waals surface area contributed by atoms with Crippen LogP contribution in [0, 0.1) is 0 Å². The Kier molecular flexibility index (Phi) is 12.3. The molecule has 0 aromatic carbocycles. The maximum absolute atomic E-state index is 10.7. The molecule has 2 nitrogen and oxygen atoms in total. The van der Waals surface area contributed by atoms with Gasteiger partial charge in [-0.2, -0.15) is 0 Å². The van der Waals surface area contributed by atoms with Crippen LogP contribution >= 0.6 is 0 Å². The Balaban J connectivity index is 0. The quantitative estimate of drug-likeness (QED) is 0.385. The number of rotatable bonds is 5. The van der Waals surface area contributed by atoms with E-state index in [4.69, 9.17) is 4.74 Å². The van der Waals surface area contributed by atoms with Crippen molar-refractivity contribution in [3.8, 4) is 0 Å². The SMILES string of the molecule is CCCCCC(=O)OCC.[Mn+2]. The molecule has 0 heterocycles. The molecular formula is C8H16MnO2+2. The molecule has 0 N–H and O–H groups in total. The fourth-order valence-corrected chi connectivity index (χ4v) is 0.752. The third kappa shape index (κ3) is 9.99. The zero-order valence-corrected chi connectivity index (χ0v) is 8.41. The van der Waals surface area contributed by atoms with E-state index in [9.17, 15) is 4.79 Å². The number of hydrogen-bond donors (Lipinski definition) is 0. The summed E-state index contributed by atoms with van der Waals surface area (Å²) in [5.41, 5.74) is 0. The maximum atomic E-state index is 10.7. The van der Waals surface area contributed by atoms with Gasteiger partial charge in [-0.3, -0.25) is 4.79 Å². The fraction of sp³-hybridized carbons (Fsp3) is 0.875. The predicted octanol–water partition coefficient (Wildman–Crippen LogP) is 2.13. The van der Waals surface area contributed by atoms with Crippen LogP contribution in [-0.4, -0.2) is 12.6 Å². The first kappa shape index (κ1) is 13.6. The van der Waals surface area contributed by atoms with Gasteiger partial charge in [0.1, 0.15) is 0 Å². The summed E-state index contributed by atoms with van der Waals surface area (Å²) in [6.45, 7) is 4.45. The first-order chi connectivity index (χ1) is 4.81. The van der Waals surface area contributed by atoms with E-state index < -0.39 is 0 Å². The standard InChI is InChI=1S/C8H16O2.Mn/c1-3-5-6-7-8(9)10-4-2;/h3-7H2,1-2H3;/q;+2. The zero-order chi connectivity index (χ0) is 7.82. The Morgan fingerprint density at radius 1 is 1.27 bits per heavy atom. The minimum Gasteiger partial charge on any atom is -0.466 e. The molecule has 0 spiro atoms. The summed E-state index contributed by atoms with van der Waals surface area (Å²) in [5, 5.41) is 0. The van der Waals surface area contributed by atoms with Crippen molar-refractivity contribution in [1.29, 1.82) is 0 Å². The Labute approximate surface area is 79.2 Å². The van der Waals surface area contributed by atoms with E-state index in [1.165, 1.54) is 0 Å². The Bertz CT molecular complexity index is 94.1. The van der Waals surface area contributed by atoms with Gasteiger partial charge >= 0.3 is 23.0 Å². The molecule has 0 saturated carbocycles. The minimum absolute atomic E-state index is 0. The normalized spacial score (nSPS) is 8.55. The van der Waals surface area contributed by atoms with Crippen LogP contribution in [0.2, 0.25) is 0 Å². The summed E-state index contributed by atoms with van der Waals surface area (Å²) in [7, 11) is 0. The van der Waals surface area contributed by atoms with Crippen LogP contribution in [0.25, 0.3) is 0 Å². The van der Waals surface area contributed by atoms with E-state index in [1.807, 2.05) is 6.92 Å². The van der Waals surface area contributed by atoms with Crippen molar-refractivity contribution in [3.63, 3.8) is 0 Å². The van der Waals surface area contributed by atoms with Crippen LogP contribution in [0.5, 0.6) is 0 Å². The van der Waals surface area contributed by atoms with Crippen molar-refractivity contribution in [2.24, 2.45) is 0 Å². The van der Waals surface area contributed by atoms with Crippen molar-refractivity contribution >= 4 is 5.97 Å². The summed E-state index contributed by atoms with van der Waals surface area (Å²) in [6, 6.07) is 0. The number of carbonyl (C=O) groups excluding carboxylic acids is 1. The van der Waals surface area contributed by atoms with E-state index in [1.54, 1.807) is 0 Å². The van der Waals surface area contributed by atoms with Gasteiger partial charge in [0.15, 0.2) is 0 Å². The second-order valence-electron chi connectivity index (χ2n) is 2.26. The van der Waals surface area contributed by atoms with Crippen molar-refractivity contribution in [3.05, 3.63) is 0 Å². The van der Waals surface area contributed by atoms with Gasteiger partial charge in [-0.1, -0.05) is 19.8 Å². The molecule has 0 amide bonds. The van der Waals surface area contributed by atoms with Crippen molar-refractivity contribution in [1.82, 2.24) is 0 Å². The van der Waals surface area contributed by atoms with Crippen LogP contribution in [0.15, 0.2) is 0 Å². The molecule has 0 aromatic heterocycles.